The number of aryl methyl sites for hydroxylation is 5. The highest BCUT2D eigenvalue weighted by Gasteiger charge is 2.08. The second kappa shape index (κ2) is 22.7. The largest absolute Gasteiger partial charge is 0.489 e. The molecular formula is C51H50N8O4. The lowest BCUT2D eigenvalue weighted by atomic mass is 10.2. The van der Waals surface area contributed by atoms with Crippen LogP contribution in [0.1, 0.15) is 71.4 Å². The van der Waals surface area contributed by atoms with Crippen LogP contribution in [0.2, 0.25) is 0 Å². The molecule has 0 saturated carbocycles. The number of benzene rings is 1. The molecule has 0 amide bonds. The van der Waals surface area contributed by atoms with Gasteiger partial charge in [0.2, 0.25) is 0 Å². The van der Waals surface area contributed by atoms with Gasteiger partial charge in [0.25, 0.3) is 0 Å². The summed E-state index contributed by atoms with van der Waals surface area (Å²) in [7, 11) is 0. The van der Waals surface area contributed by atoms with Crippen molar-refractivity contribution in [3.05, 3.63) is 189 Å². The molecule has 318 valence electrons. The highest BCUT2D eigenvalue weighted by atomic mass is 16.6. The minimum absolute atomic E-state index is 0.0248. The van der Waals surface area contributed by atoms with Crippen LogP contribution in [0.15, 0.2) is 142 Å². The molecule has 6 heterocycles. The summed E-state index contributed by atoms with van der Waals surface area (Å²) in [5.74, 6) is 6.73. The summed E-state index contributed by atoms with van der Waals surface area (Å²) in [6, 6.07) is 40.1. The van der Waals surface area contributed by atoms with Crippen LogP contribution >= 0.6 is 0 Å². The van der Waals surface area contributed by atoms with Crippen LogP contribution in [0.25, 0.3) is 22.8 Å². The Bertz CT molecular complexity index is 2810. The zero-order valence-electron chi connectivity index (χ0n) is 36.4. The fraction of sp³-hybridized carbons (Fsp3) is 0.216. The van der Waals surface area contributed by atoms with Gasteiger partial charge in [-0.05, 0) is 114 Å². The number of pyridine rings is 6. The molecule has 7 rings (SSSR count). The minimum Gasteiger partial charge on any atom is -0.489 e. The normalized spacial score (nSPS) is 11.1. The molecule has 0 unspecified atom stereocenters. The number of rotatable bonds is 14. The van der Waals surface area contributed by atoms with E-state index < -0.39 is 0 Å². The molecule has 0 fully saturated rings. The van der Waals surface area contributed by atoms with Gasteiger partial charge in [-0.1, -0.05) is 70.8 Å². The van der Waals surface area contributed by atoms with Crippen LogP contribution < -0.4 is 10.2 Å². The van der Waals surface area contributed by atoms with E-state index in [9.17, 15) is 4.79 Å². The van der Waals surface area contributed by atoms with E-state index in [1.807, 2.05) is 157 Å². The minimum atomic E-state index is -0.0248. The Balaban J connectivity index is 0.000000215. The Labute approximate surface area is 368 Å². The monoisotopic (exact) mass is 838 g/mol. The van der Waals surface area contributed by atoms with Crippen molar-refractivity contribution in [1.29, 1.82) is 0 Å². The topological polar surface area (TPSA) is 150 Å². The first-order valence-corrected chi connectivity index (χ1v) is 20.6. The maximum Gasteiger partial charge on any atom is 0.182 e. The quantitative estimate of drug-likeness (QED) is 0.0489. The van der Waals surface area contributed by atoms with Crippen LogP contribution in [-0.4, -0.2) is 54.5 Å². The standard InChI is InChI=1S/C29H26N4O2.C22H24N4O2/c1-21-10-7-15-27(30-21)23(3)33-35-17-9-14-25-13-8-16-28(32-25)29-19-26(18-22(2)31-29)34-20-24-11-5-4-6-12-24;1-15-7-4-10-20(23-15)17(3)26-28-12-6-9-18-8-5-11-21(25-18)22-14-19(27)13-16(2)24-22/h4-8,10-13,15-16,18-19H,17,20H2,1-3H3;4-5,7-8,10-11,13-14H,6,9,12H2,1-3H3,(H,24,27)/b33-23+;26-17+. The van der Waals surface area contributed by atoms with Gasteiger partial charge < -0.3 is 19.4 Å². The summed E-state index contributed by atoms with van der Waals surface area (Å²) in [6.07, 6.45) is 1.56. The zero-order valence-corrected chi connectivity index (χ0v) is 36.4. The van der Waals surface area contributed by atoms with E-state index in [4.69, 9.17) is 14.4 Å². The number of nitrogens with one attached hydrogen (secondary N) is 1. The summed E-state index contributed by atoms with van der Waals surface area (Å²) in [4.78, 5) is 48.4. The highest BCUT2D eigenvalue weighted by molar-refractivity contribution is 5.97. The molecule has 0 aliphatic heterocycles. The van der Waals surface area contributed by atoms with Gasteiger partial charge in [-0.15, -0.1) is 0 Å². The van der Waals surface area contributed by atoms with E-state index in [1.54, 1.807) is 12.1 Å². The fourth-order valence-corrected chi connectivity index (χ4v) is 6.16. The van der Waals surface area contributed by atoms with Gasteiger partial charge >= 0.3 is 0 Å². The van der Waals surface area contributed by atoms with Crippen molar-refractivity contribution in [2.24, 2.45) is 10.3 Å². The van der Waals surface area contributed by atoms with E-state index in [0.29, 0.717) is 24.6 Å². The molecule has 0 spiro atoms. The van der Waals surface area contributed by atoms with E-state index in [-0.39, 0.29) is 12.0 Å². The van der Waals surface area contributed by atoms with Gasteiger partial charge in [0.1, 0.15) is 36.1 Å². The molecule has 0 aliphatic carbocycles. The molecule has 63 heavy (non-hydrogen) atoms. The fourth-order valence-electron chi connectivity index (χ4n) is 6.16. The maximum absolute atomic E-state index is 11.7. The number of aromatic amines is 1. The summed E-state index contributed by atoms with van der Waals surface area (Å²) < 4.78 is 5.99. The van der Waals surface area contributed by atoms with Crippen LogP contribution in [0.3, 0.4) is 0 Å². The Morgan fingerprint density at radius 1 is 0.635 bits per heavy atom. The Hall–Kier alpha value is -7.78. The van der Waals surface area contributed by atoms with Crippen molar-refractivity contribution >= 4 is 11.4 Å². The molecular weight excluding hydrogens is 789 g/mol. The number of hydrogen-bond donors (Lipinski definition) is 1. The van der Waals surface area contributed by atoms with Gasteiger partial charge in [-0.25, -0.2) is 4.98 Å². The SMILES string of the molecule is C/C(=N\OCC#Cc1cccc(-c2cc(OCc3ccccc3)cc(C)n2)n1)c1cccc(C)n1.C/C(=N\OCCCc1cccc(-c2cc(=O)cc(C)[nH]2)n1)c1cccc(C)n1. The summed E-state index contributed by atoms with van der Waals surface area (Å²) in [5, 5.41) is 8.24. The van der Waals surface area contributed by atoms with Crippen molar-refractivity contribution in [3.63, 3.8) is 0 Å². The van der Waals surface area contributed by atoms with Gasteiger partial charge in [-0.2, -0.15) is 0 Å². The first kappa shape index (κ1) is 44.8. The molecule has 0 saturated heterocycles. The lowest BCUT2D eigenvalue weighted by Gasteiger charge is -2.09. The van der Waals surface area contributed by atoms with E-state index in [2.05, 4.69) is 52.1 Å². The van der Waals surface area contributed by atoms with Crippen molar-refractivity contribution in [2.45, 2.75) is 61.0 Å². The third-order valence-electron chi connectivity index (χ3n) is 9.19. The molecule has 12 heteroatoms. The molecule has 12 nitrogen and oxygen atoms in total. The smallest absolute Gasteiger partial charge is 0.182 e. The molecule has 1 N–H and O–H groups in total. The molecule has 6 aromatic heterocycles. The lowest BCUT2D eigenvalue weighted by Crippen LogP contribution is -2.04. The lowest BCUT2D eigenvalue weighted by molar-refractivity contribution is 0.141. The van der Waals surface area contributed by atoms with Crippen molar-refractivity contribution in [2.75, 3.05) is 13.2 Å². The maximum atomic E-state index is 11.7. The second-order valence-electron chi connectivity index (χ2n) is 14.6. The van der Waals surface area contributed by atoms with Crippen molar-refractivity contribution < 1.29 is 14.4 Å². The predicted molar refractivity (Wildman–Crippen MR) is 247 cm³/mol. The number of hydrogen-bond acceptors (Lipinski definition) is 11. The third-order valence-corrected chi connectivity index (χ3v) is 9.19. The zero-order chi connectivity index (χ0) is 44.4. The summed E-state index contributed by atoms with van der Waals surface area (Å²) >= 11 is 0. The average Bonchev–Trinajstić information content (AvgIpc) is 3.28. The molecule has 0 atom stereocenters. The van der Waals surface area contributed by atoms with Crippen molar-refractivity contribution in [3.8, 4) is 40.4 Å². The number of aromatic nitrogens is 6. The number of oxime groups is 2. The van der Waals surface area contributed by atoms with Gasteiger partial charge in [0.15, 0.2) is 12.0 Å². The molecule has 0 aliphatic rings. The van der Waals surface area contributed by atoms with Gasteiger partial charge in [0.05, 0.1) is 34.2 Å². The van der Waals surface area contributed by atoms with Crippen LogP contribution in [0.5, 0.6) is 5.75 Å². The van der Waals surface area contributed by atoms with Crippen LogP contribution in [0, 0.1) is 39.5 Å². The van der Waals surface area contributed by atoms with Crippen LogP contribution in [0.4, 0.5) is 0 Å². The second-order valence-corrected chi connectivity index (χ2v) is 14.6. The predicted octanol–water partition coefficient (Wildman–Crippen LogP) is 9.35. The molecule has 0 bridgehead atoms. The Morgan fingerprint density at radius 2 is 1.32 bits per heavy atom. The number of nitrogens with zero attached hydrogens (tertiary/aromatic N) is 7. The van der Waals surface area contributed by atoms with Crippen molar-refractivity contribution in [1.82, 2.24) is 29.9 Å². The van der Waals surface area contributed by atoms with E-state index in [0.717, 1.165) is 92.5 Å². The Kier molecular flexibility index (Phi) is 16.1. The molecule has 7 aromatic rings. The van der Waals surface area contributed by atoms with Gasteiger partial charge in [-0.3, -0.25) is 24.7 Å². The molecule has 0 radical (unpaired) electrons. The summed E-state index contributed by atoms with van der Waals surface area (Å²) in [6.45, 7) is 12.6. The van der Waals surface area contributed by atoms with E-state index >= 15 is 0 Å². The first-order chi connectivity index (χ1) is 30.6. The Morgan fingerprint density at radius 3 is 2.03 bits per heavy atom. The molecule has 1 aromatic carbocycles. The third kappa shape index (κ3) is 14.4. The van der Waals surface area contributed by atoms with Crippen LogP contribution in [-0.2, 0) is 22.7 Å². The number of H-pyrrole nitrogens is 1. The first-order valence-electron chi connectivity index (χ1n) is 20.6. The van der Waals surface area contributed by atoms with Gasteiger partial charge in [0, 0.05) is 52.7 Å². The number of ether oxygens (including phenoxy) is 1. The average molecular weight is 839 g/mol. The van der Waals surface area contributed by atoms with E-state index in [1.165, 1.54) is 0 Å². The highest BCUT2D eigenvalue weighted by Crippen LogP contribution is 2.23. The summed E-state index contributed by atoms with van der Waals surface area (Å²) in [5.41, 5.74) is 12.2.